The number of aliphatic hydroxyl groups excluding tert-OH is 1. The largest absolute Gasteiger partial charge is 0.493 e. The summed E-state index contributed by atoms with van der Waals surface area (Å²) in [5.74, 6) is 3.33. The van der Waals surface area contributed by atoms with Gasteiger partial charge in [0.15, 0.2) is 0 Å². The molecule has 1 aromatic carbocycles. The van der Waals surface area contributed by atoms with Gasteiger partial charge >= 0.3 is 0 Å². The molecule has 0 radical (unpaired) electrons. The summed E-state index contributed by atoms with van der Waals surface area (Å²) in [5.41, 5.74) is 1.95. The van der Waals surface area contributed by atoms with Crippen molar-refractivity contribution in [1.82, 2.24) is 0 Å². The number of aliphatic hydroxyl groups is 1. The fraction of sp³-hybridized carbons (Fsp3) is 0.429. The van der Waals surface area contributed by atoms with Crippen molar-refractivity contribution in [2.24, 2.45) is 0 Å². The van der Waals surface area contributed by atoms with Crippen molar-refractivity contribution in [1.29, 1.82) is 0 Å². The molecule has 0 saturated heterocycles. The van der Waals surface area contributed by atoms with Gasteiger partial charge in [-0.25, -0.2) is 0 Å². The van der Waals surface area contributed by atoms with Crippen LogP contribution in [0.15, 0.2) is 18.2 Å². The highest BCUT2D eigenvalue weighted by Gasteiger charge is 2.08. The standard InChI is InChI=1S/C14H18O2/c1-4-5-6-9-16-14-10-11(2)7-8-13(14)12(3)15/h1,7-8,10,12,15H,5-6,9H2,2-3H3. The number of rotatable bonds is 5. The molecule has 2 nitrogen and oxygen atoms in total. The first-order chi connectivity index (χ1) is 7.65. The van der Waals surface area contributed by atoms with Crippen LogP contribution in [0.4, 0.5) is 0 Å². The molecule has 0 aromatic heterocycles. The molecule has 16 heavy (non-hydrogen) atoms. The van der Waals surface area contributed by atoms with E-state index >= 15 is 0 Å². The molecule has 2 heteroatoms. The highest BCUT2D eigenvalue weighted by molar-refractivity contribution is 5.38. The molecule has 86 valence electrons. The second-order valence-electron chi connectivity index (χ2n) is 3.87. The van der Waals surface area contributed by atoms with Crippen LogP contribution < -0.4 is 4.74 Å². The minimum atomic E-state index is -0.511. The lowest BCUT2D eigenvalue weighted by atomic mass is 10.1. The summed E-state index contributed by atoms with van der Waals surface area (Å²) in [6, 6.07) is 5.81. The molecule has 0 fully saturated rings. The second-order valence-corrected chi connectivity index (χ2v) is 3.87. The van der Waals surface area contributed by atoms with Gasteiger partial charge in [-0.1, -0.05) is 12.1 Å². The number of ether oxygens (including phenoxy) is 1. The lowest BCUT2D eigenvalue weighted by molar-refractivity contribution is 0.191. The number of hydrogen-bond donors (Lipinski definition) is 1. The van der Waals surface area contributed by atoms with Crippen molar-refractivity contribution in [3.05, 3.63) is 29.3 Å². The van der Waals surface area contributed by atoms with Crippen molar-refractivity contribution in [2.75, 3.05) is 6.61 Å². The van der Waals surface area contributed by atoms with Crippen molar-refractivity contribution in [3.8, 4) is 18.1 Å². The van der Waals surface area contributed by atoms with Gasteiger partial charge in [-0.2, -0.15) is 0 Å². The molecule has 0 heterocycles. The molecule has 0 aliphatic heterocycles. The van der Waals surface area contributed by atoms with E-state index in [-0.39, 0.29) is 0 Å². The second kappa shape index (κ2) is 6.19. The molecule has 0 aliphatic carbocycles. The average molecular weight is 218 g/mol. The molecular weight excluding hydrogens is 200 g/mol. The highest BCUT2D eigenvalue weighted by atomic mass is 16.5. The molecule has 1 N–H and O–H groups in total. The van der Waals surface area contributed by atoms with Gasteiger partial charge in [0.05, 0.1) is 12.7 Å². The molecule has 0 amide bonds. The van der Waals surface area contributed by atoms with Crippen LogP contribution in [0.1, 0.15) is 37.0 Å². The normalized spacial score (nSPS) is 11.9. The van der Waals surface area contributed by atoms with E-state index < -0.39 is 6.10 Å². The van der Waals surface area contributed by atoms with E-state index in [9.17, 15) is 5.11 Å². The van der Waals surface area contributed by atoms with Crippen molar-refractivity contribution >= 4 is 0 Å². The van der Waals surface area contributed by atoms with E-state index in [1.807, 2.05) is 25.1 Å². The van der Waals surface area contributed by atoms with E-state index in [1.165, 1.54) is 0 Å². The van der Waals surface area contributed by atoms with E-state index in [4.69, 9.17) is 11.2 Å². The first-order valence-corrected chi connectivity index (χ1v) is 5.50. The molecule has 1 atom stereocenters. The molecular formula is C14H18O2. The number of terminal acetylenes is 1. The van der Waals surface area contributed by atoms with Gasteiger partial charge in [0.2, 0.25) is 0 Å². The van der Waals surface area contributed by atoms with Crippen LogP contribution in [0.2, 0.25) is 0 Å². The van der Waals surface area contributed by atoms with Crippen LogP contribution in [0.25, 0.3) is 0 Å². The Bertz CT molecular complexity index is 375. The van der Waals surface area contributed by atoms with Crippen molar-refractivity contribution < 1.29 is 9.84 Å². The minimum Gasteiger partial charge on any atom is -0.493 e. The van der Waals surface area contributed by atoms with Crippen LogP contribution in [0.3, 0.4) is 0 Å². The maximum Gasteiger partial charge on any atom is 0.125 e. The predicted octanol–water partition coefficient (Wildman–Crippen LogP) is 2.84. The molecule has 0 bridgehead atoms. The molecule has 0 saturated carbocycles. The number of hydrogen-bond acceptors (Lipinski definition) is 2. The first-order valence-electron chi connectivity index (χ1n) is 5.50. The molecule has 1 aromatic rings. The average Bonchev–Trinajstić information content (AvgIpc) is 2.24. The number of aryl methyl sites for hydroxylation is 1. The van der Waals surface area contributed by atoms with Crippen LogP contribution in [-0.4, -0.2) is 11.7 Å². The Morgan fingerprint density at radius 1 is 1.50 bits per heavy atom. The van der Waals surface area contributed by atoms with E-state index in [1.54, 1.807) is 6.92 Å². The molecule has 0 aliphatic rings. The lowest BCUT2D eigenvalue weighted by Crippen LogP contribution is -2.02. The van der Waals surface area contributed by atoms with Gasteiger partial charge in [0.25, 0.3) is 0 Å². The topological polar surface area (TPSA) is 29.5 Å². The third-order valence-corrected chi connectivity index (χ3v) is 2.34. The van der Waals surface area contributed by atoms with E-state index in [0.717, 1.165) is 29.7 Å². The minimum absolute atomic E-state index is 0.511. The highest BCUT2D eigenvalue weighted by Crippen LogP contribution is 2.26. The molecule has 1 unspecified atom stereocenters. The van der Waals surface area contributed by atoms with E-state index in [0.29, 0.717) is 6.61 Å². The quantitative estimate of drug-likeness (QED) is 0.608. The maximum absolute atomic E-state index is 9.59. The van der Waals surface area contributed by atoms with Crippen LogP contribution >= 0.6 is 0 Å². The van der Waals surface area contributed by atoms with Crippen LogP contribution in [-0.2, 0) is 0 Å². The van der Waals surface area contributed by atoms with Gasteiger partial charge < -0.3 is 9.84 Å². The summed E-state index contributed by atoms with van der Waals surface area (Å²) in [4.78, 5) is 0. The fourth-order valence-electron chi connectivity index (χ4n) is 1.47. The zero-order valence-electron chi connectivity index (χ0n) is 9.86. The Morgan fingerprint density at radius 2 is 2.25 bits per heavy atom. The molecule has 1 rings (SSSR count). The monoisotopic (exact) mass is 218 g/mol. The fourth-order valence-corrected chi connectivity index (χ4v) is 1.47. The third kappa shape index (κ3) is 3.60. The zero-order valence-corrected chi connectivity index (χ0v) is 9.86. The van der Waals surface area contributed by atoms with Gasteiger partial charge in [-0.05, 0) is 31.9 Å². The van der Waals surface area contributed by atoms with Gasteiger partial charge in [-0.15, -0.1) is 12.3 Å². The number of unbranched alkanes of at least 4 members (excludes halogenated alkanes) is 1. The van der Waals surface area contributed by atoms with Crippen LogP contribution in [0.5, 0.6) is 5.75 Å². The summed E-state index contributed by atoms with van der Waals surface area (Å²) >= 11 is 0. The summed E-state index contributed by atoms with van der Waals surface area (Å²) in [6.07, 6.45) is 6.21. The Balaban J connectivity index is 2.69. The first kappa shape index (κ1) is 12.6. The predicted molar refractivity (Wildman–Crippen MR) is 65.4 cm³/mol. The maximum atomic E-state index is 9.59. The van der Waals surface area contributed by atoms with Gasteiger partial charge in [0.1, 0.15) is 5.75 Å². The van der Waals surface area contributed by atoms with Crippen molar-refractivity contribution in [3.63, 3.8) is 0 Å². The van der Waals surface area contributed by atoms with Gasteiger partial charge in [0, 0.05) is 12.0 Å². The SMILES string of the molecule is C#CCCCOc1cc(C)ccc1C(C)O. The number of benzene rings is 1. The lowest BCUT2D eigenvalue weighted by Gasteiger charge is -2.13. The van der Waals surface area contributed by atoms with E-state index in [2.05, 4.69) is 5.92 Å². The summed E-state index contributed by atoms with van der Waals surface area (Å²) in [6.45, 7) is 4.33. The van der Waals surface area contributed by atoms with Gasteiger partial charge in [-0.3, -0.25) is 0 Å². The molecule has 0 spiro atoms. The Hall–Kier alpha value is -1.46. The zero-order chi connectivity index (χ0) is 12.0. The van der Waals surface area contributed by atoms with Crippen molar-refractivity contribution in [2.45, 2.75) is 32.8 Å². The summed E-state index contributed by atoms with van der Waals surface area (Å²) in [7, 11) is 0. The smallest absolute Gasteiger partial charge is 0.125 e. The summed E-state index contributed by atoms with van der Waals surface area (Å²) < 4.78 is 5.63. The Kier molecular flexibility index (Phi) is 4.88. The summed E-state index contributed by atoms with van der Waals surface area (Å²) in [5, 5.41) is 9.59. The van der Waals surface area contributed by atoms with Crippen LogP contribution in [0, 0.1) is 19.3 Å². The third-order valence-electron chi connectivity index (χ3n) is 2.34. The Morgan fingerprint density at radius 3 is 2.88 bits per heavy atom. The Labute approximate surface area is 97.3 Å².